The number of carbonyl (C=O) groups excluding carboxylic acids is 2. The summed E-state index contributed by atoms with van der Waals surface area (Å²) in [6, 6.07) is 9.40. The number of hydrogen-bond acceptors (Lipinski definition) is 5. The van der Waals surface area contributed by atoms with Gasteiger partial charge < -0.3 is 10.6 Å². The van der Waals surface area contributed by atoms with Crippen molar-refractivity contribution in [3.63, 3.8) is 0 Å². The normalized spacial score (nSPS) is 10.5. The van der Waals surface area contributed by atoms with Gasteiger partial charge in [-0.2, -0.15) is 0 Å². The first-order valence-corrected chi connectivity index (χ1v) is 9.43. The van der Waals surface area contributed by atoms with E-state index in [0.717, 1.165) is 21.7 Å². The first-order valence-electron chi connectivity index (χ1n) is 7.67. The Bertz CT molecular complexity index is 901. The van der Waals surface area contributed by atoms with Crippen LogP contribution in [0.5, 0.6) is 0 Å². The first kappa shape index (κ1) is 17.3. The van der Waals surface area contributed by atoms with Gasteiger partial charge in [0.1, 0.15) is 0 Å². The van der Waals surface area contributed by atoms with Crippen LogP contribution in [-0.2, 0) is 4.79 Å². The number of nitrogens with zero attached hydrogens (tertiary/aromatic N) is 1. The minimum Gasteiger partial charge on any atom is -0.343 e. The van der Waals surface area contributed by atoms with Crippen LogP contribution in [0.25, 0.3) is 10.6 Å². The molecule has 128 valence electrons. The van der Waals surface area contributed by atoms with Gasteiger partial charge in [0.05, 0.1) is 17.1 Å². The minimum atomic E-state index is -0.302. The van der Waals surface area contributed by atoms with E-state index in [1.807, 2.05) is 48.9 Å². The van der Waals surface area contributed by atoms with Gasteiger partial charge >= 0.3 is 0 Å². The summed E-state index contributed by atoms with van der Waals surface area (Å²) in [5.74, 6) is -0.569. The molecule has 0 spiro atoms. The summed E-state index contributed by atoms with van der Waals surface area (Å²) in [7, 11) is 0. The second-order valence-corrected chi connectivity index (χ2v) is 7.35. The zero-order valence-corrected chi connectivity index (χ0v) is 15.5. The number of anilines is 1. The second kappa shape index (κ2) is 7.58. The van der Waals surface area contributed by atoms with Crippen LogP contribution in [0.15, 0.2) is 41.1 Å². The standard InChI is InChI=1S/C18H17N3O2S2/c1-11-5-6-13(8-12(11)2)17(23)19-9-16(22)21-18-20-14(10-25-18)15-4-3-7-24-15/h3-8,10H,9H2,1-2H3,(H,19,23)(H,20,21,22). The predicted octanol–water partition coefficient (Wildman–Crippen LogP) is 3.86. The molecule has 0 saturated heterocycles. The molecule has 0 bridgehead atoms. The van der Waals surface area contributed by atoms with Crippen molar-refractivity contribution in [2.45, 2.75) is 13.8 Å². The van der Waals surface area contributed by atoms with Gasteiger partial charge in [-0.25, -0.2) is 4.98 Å². The summed E-state index contributed by atoms with van der Waals surface area (Å²) >= 11 is 2.96. The van der Waals surface area contributed by atoms with E-state index in [-0.39, 0.29) is 18.4 Å². The second-order valence-electron chi connectivity index (χ2n) is 5.55. The molecule has 0 aliphatic rings. The van der Waals surface area contributed by atoms with E-state index >= 15 is 0 Å². The lowest BCUT2D eigenvalue weighted by Crippen LogP contribution is -2.32. The maximum atomic E-state index is 12.1. The fourth-order valence-electron chi connectivity index (χ4n) is 2.18. The summed E-state index contributed by atoms with van der Waals surface area (Å²) in [6.45, 7) is 3.84. The van der Waals surface area contributed by atoms with Crippen LogP contribution in [0.2, 0.25) is 0 Å². The maximum Gasteiger partial charge on any atom is 0.251 e. The molecule has 0 unspecified atom stereocenters. The highest BCUT2D eigenvalue weighted by atomic mass is 32.1. The first-order chi connectivity index (χ1) is 12.0. The Kier molecular flexibility index (Phi) is 5.25. The maximum absolute atomic E-state index is 12.1. The van der Waals surface area contributed by atoms with Crippen LogP contribution in [-0.4, -0.2) is 23.3 Å². The van der Waals surface area contributed by atoms with Crippen molar-refractivity contribution in [1.29, 1.82) is 0 Å². The molecule has 1 aromatic carbocycles. The minimum absolute atomic E-state index is 0.0975. The molecule has 2 aromatic heterocycles. The molecule has 3 aromatic rings. The van der Waals surface area contributed by atoms with Crippen molar-refractivity contribution in [3.8, 4) is 10.6 Å². The van der Waals surface area contributed by atoms with E-state index in [4.69, 9.17) is 0 Å². The Balaban J connectivity index is 1.54. The number of aryl methyl sites for hydroxylation is 2. The molecule has 5 nitrogen and oxygen atoms in total. The number of benzene rings is 1. The van der Waals surface area contributed by atoms with E-state index in [1.165, 1.54) is 11.3 Å². The lowest BCUT2D eigenvalue weighted by molar-refractivity contribution is -0.115. The fraction of sp³-hybridized carbons (Fsp3) is 0.167. The van der Waals surface area contributed by atoms with Crippen molar-refractivity contribution in [2.75, 3.05) is 11.9 Å². The van der Waals surface area contributed by atoms with Gasteiger partial charge in [-0.3, -0.25) is 9.59 Å². The zero-order chi connectivity index (χ0) is 17.8. The third-order valence-electron chi connectivity index (χ3n) is 3.70. The predicted molar refractivity (Wildman–Crippen MR) is 102 cm³/mol. The molecule has 25 heavy (non-hydrogen) atoms. The van der Waals surface area contributed by atoms with Crippen molar-refractivity contribution in [1.82, 2.24) is 10.3 Å². The van der Waals surface area contributed by atoms with Crippen LogP contribution in [0, 0.1) is 13.8 Å². The number of thiophene rings is 1. The van der Waals surface area contributed by atoms with Gasteiger partial charge in [0, 0.05) is 10.9 Å². The number of rotatable bonds is 5. The highest BCUT2D eigenvalue weighted by molar-refractivity contribution is 7.16. The van der Waals surface area contributed by atoms with Crippen LogP contribution in [0.3, 0.4) is 0 Å². The lowest BCUT2D eigenvalue weighted by atomic mass is 10.1. The number of hydrogen-bond donors (Lipinski definition) is 2. The van der Waals surface area contributed by atoms with Crippen LogP contribution < -0.4 is 10.6 Å². The Morgan fingerprint density at radius 3 is 2.68 bits per heavy atom. The quantitative estimate of drug-likeness (QED) is 0.715. The molecule has 2 N–H and O–H groups in total. The van der Waals surface area contributed by atoms with Crippen molar-refractivity contribution in [2.24, 2.45) is 0 Å². The third kappa shape index (κ3) is 4.32. The van der Waals surface area contributed by atoms with Crippen LogP contribution >= 0.6 is 22.7 Å². The summed E-state index contributed by atoms with van der Waals surface area (Å²) in [4.78, 5) is 29.6. The molecule has 3 rings (SSSR count). The van der Waals surface area contributed by atoms with Crippen LogP contribution in [0.1, 0.15) is 21.5 Å². The highest BCUT2D eigenvalue weighted by Crippen LogP contribution is 2.28. The Morgan fingerprint density at radius 2 is 1.96 bits per heavy atom. The highest BCUT2D eigenvalue weighted by Gasteiger charge is 2.11. The molecule has 2 amide bonds. The molecule has 0 saturated carbocycles. The Labute approximate surface area is 153 Å². The molecule has 2 heterocycles. The van der Waals surface area contributed by atoms with Gasteiger partial charge in [-0.15, -0.1) is 22.7 Å². The molecule has 0 aliphatic carbocycles. The van der Waals surface area contributed by atoms with Crippen LogP contribution in [0.4, 0.5) is 5.13 Å². The van der Waals surface area contributed by atoms with E-state index in [9.17, 15) is 9.59 Å². The van der Waals surface area contributed by atoms with Gasteiger partial charge in [-0.05, 0) is 48.6 Å². The summed E-state index contributed by atoms with van der Waals surface area (Å²) in [6.07, 6.45) is 0. The molecule has 0 atom stereocenters. The smallest absolute Gasteiger partial charge is 0.251 e. The van der Waals surface area contributed by atoms with Gasteiger partial charge in [-0.1, -0.05) is 12.1 Å². The lowest BCUT2D eigenvalue weighted by Gasteiger charge is -2.07. The van der Waals surface area contributed by atoms with E-state index < -0.39 is 0 Å². The largest absolute Gasteiger partial charge is 0.343 e. The van der Waals surface area contributed by atoms with Crippen molar-refractivity contribution in [3.05, 3.63) is 57.8 Å². The number of carbonyl (C=O) groups is 2. The topological polar surface area (TPSA) is 71.1 Å². The molecule has 0 radical (unpaired) electrons. The molecular formula is C18H17N3O2S2. The van der Waals surface area contributed by atoms with E-state index in [1.54, 1.807) is 17.4 Å². The number of aromatic nitrogens is 1. The molecular weight excluding hydrogens is 354 g/mol. The van der Waals surface area contributed by atoms with Gasteiger partial charge in [0.25, 0.3) is 5.91 Å². The molecule has 7 heteroatoms. The fourth-order valence-corrected chi connectivity index (χ4v) is 3.66. The third-order valence-corrected chi connectivity index (χ3v) is 5.35. The number of thiazole rings is 1. The summed E-state index contributed by atoms with van der Waals surface area (Å²) in [5, 5.41) is 9.74. The van der Waals surface area contributed by atoms with Crippen molar-refractivity contribution >= 4 is 39.6 Å². The molecule has 0 fully saturated rings. The zero-order valence-electron chi connectivity index (χ0n) is 13.8. The van der Waals surface area contributed by atoms with Gasteiger partial charge in [0.2, 0.25) is 5.91 Å². The van der Waals surface area contributed by atoms with Gasteiger partial charge in [0.15, 0.2) is 5.13 Å². The van der Waals surface area contributed by atoms with E-state index in [2.05, 4.69) is 15.6 Å². The Hall–Kier alpha value is -2.51. The van der Waals surface area contributed by atoms with Crippen molar-refractivity contribution < 1.29 is 9.59 Å². The summed E-state index contributed by atoms with van der Waals surface area (Å²) < 4.78 is 0. The monoisotopic (exact) mass is 371 g/mol. The average molecular weight is 371 g/mol. The number of nitrogens with one attached hydrogen (secondary N) is 2. The van der Waals surface area contributed by atoms with E-state index in [0.29, 0.717) is 10.7 Å². The Morgan fingerprint density at radius 1 is 1.12 bits per heavy atom. The number of amides is 2. The summed E-state index contributed by atoms with van der Waals surface area (Å²) in [5.41, 5.74) is 3.56. The molecule has 0 aliphatic heterocycles. The SMILES string of the molecule is Cc1ccc(C(=O)NCC(=O)Nc2nc(-c3cccs3)cs2)cc1C. The average Bonchev–Trinajstić information content (AvgIpc) is 3.26.